The van der Waals surface area contributed by atoms with E-state index in [1.807, 2.05) is 72.8 Å². The number of allylic oxidation sites excluding steroid dienone is 2. The van der Waals surface area contributed by atoms with Crippen LogP contribution in [0.3, 0.4) is 0 Å². The van der Waals surface area contributed by atoms with Gasteiger partial charge in [-0.15, -0.1) is 0 Å². The fourth-order valence-corrected chi connectivity index (χ4v) is 7.47. The number of nitrogens with zero attached hydrogens (tertiary/aromatic N) is 5. The van der Waals surface area contributed by atoms with Crippen molar-refractivity contribution in [2.24, 2.45) is 4.99 Å². The van der Waals surface area contributed by atoms with Crippen LogP contribution in [0.2, 0.25) is 0 Å². The molecule has 268 valence electrons. The quantitative estimate of drug-likeness (QED) is 0.157. The summed E-state index contributed by atoms with van der Waals surface area (Å²) in [6.45, 7) is 4.19. The van der Waals surface area contributed by atoms with Crippen molar-refractivity contribution in [3.63, 3.8) is 0 Å². The Kier molecular flexibility index (Phi) is 9.48. The fourth-order valence-electron chi connectivity index (χ4n) is 7.47. The van der Waals surface area contributed by atoms with Crippen molar-refractivity contribution >= 4 is 5.71 Å². The Bertz CT molecular complexity index is 2720. The molecule has 3 heterocycles. The molecule has 0 N–H and O–H groups in total. The molecule has 0 amide bonds. The molecule has 2 aromatic heterocycles. The molecule has 5 heteroatoms. The minimum absolute atomic E-state index is 0.235. The molecule has 0 spiro atoms. The summed E-state index contributed by atoms with van der Waals surface area (Å²) in [6, 6.07) is 60.5. The average Bonchev–Trinajstić information content (AvgIpc) is 3.27. The van der Waals surface area contributed by atoms with E-state index in [1.165, 1.54) is 5.56 Å². The van der Waals surface area contributed by atoms with Gasteiger partial charge in [0.2, 0.25) is 0 Å². The average molecular weight is 722 g/mol. The highest BCUT2D eigenvalue weighted by molar-refractivity contribution is 5.91. The molecule has 56 heavy (non-hydrogen) atoms. The van der Waals surface area contributed by atoms with Crippen LogP contribution in [-0.2, 0) is 0 Å². The first-order valence-electron chi connectivity index (χ1n) is 19.0. The van der Waals surface area contributed by atoms with E-state index in [9.17, 15) is 0 Å². The summed E-state index contributed by atoms with van der Waals surface area (Å²) in [5, 5.41) is 0. The van der Waals surface area contributed by atoms with Gasteiger partial charge in [-0.1, -0.05) is 164 Å². The Morgan fingerprint density at radius 2 is 0.821 bits per heavy atom. The van der Waals surface area contributed by atoms with Crippen molar-refractivity contribution in [3.05, 3.63) is 193 Å². The Labute approximate surface area is 327 Å². The van der Waals surface area contributed by atoms with E-state index < -0.39 is 0 Å². The second kappa shape index (κ2) is 15.3. The van der Waals surface area contributed by atoms with E-state index in [1.54, 1.807) is 0 Å². The van der Waals surface area contributed by atoms with Crippen molar-refractivity contribution in [1.82, 2.24) is 19.9 Å². The van der Waals surface area contributed by atoms with E-state index in [0.29, 0.717) is 5.82 Å². The Morgan fingerprint density at radius 3 is 1.34 bits per heavy atom. The van der Waals surface area contributed by atoms with Crippen LogP contribution in [0.4, 0.5) is 0 Å². The molecule has 6 aromatic carbocycles. The fraction of sp³-hybridized carbons (Fsp3) is 0.0784. The van der Waals surface area contributed by atoms with E-state index in [2.05, 4.69) is 123 Å². The van der Waals surface area contributed by atoms with E-state index in [4.69, 9.17) is 24.9 Å². The smallest absolute Gasteiger partial charge is 0.160 e. The molecule has 0 fully saturated rings. The van der Waals surface area contributed by atoms with Crippen LogP contribution in [0.1, 0.15) is 31.7 Å². The zero-order chi connectivity index (χ0) is 37.8. The largest absolute Gasteiger partial charge is 0.263 e. The zero-order valence-electron chi connectivity index (χ0n) is 31.3. The van der Waals surface area contributed by atoms with Crippen LogP contribution in [0, 0.1) is 0 Å². The maximum atomic E-state index is 5.49. The highest BCUT2D eigenvalue weighted by Crippen LogP contribution is 2.39. The van der Waals surface area contributed by atoms with Crippen LogP contribution in [0.5, 0.6) is 0 Å². The Hall–Kier alpha value is -7.11. The normalized spacial score (nSPS) is 13.9. The number of hydrogen-bond acceptors (Lipinski definition) is 5. The number of aliphatic imine (C=N–C) groups is 1. The number of benzene rings is 6. The molecular formula is C51H39N5. The van der Waals surface area contributed by atoms with Crippen LogP contribution in [0.25, 0.3) is 78.9 Å². The molecule has 8 aromatic rings. The van der Waals surface area contributed by atoms with Crippen molar-refractivity contribution in [2.75, 3.05) is 0 Å². The van der Waals surface area contributed by atoms with Crippen molar-refractivity contribution in [3.8, 4) is 78.9 Å². The highest BCUT2D eigenvalue weighted by atomic mass is 14.9. The van der Waals surface area contributed by atoms with Gasteiger partial charge in [-0.25, -0.2) is 19.9 Å². The van der Waals surface area contributed by atoms with E-state index >= 15 is 0 Å². The lowest BCUT2D eigenvalue weighted by Crippen LogP contribution is -2.12. The topological polar surface area (TPSA) is 63.9 Å². The Morgan fingerprint density at radius 1 is 0.393 bits per heavy atom. The minimum Gasteiger partial charge on any atom is -0.263 e. The van der Waals surface area contributed by atoms with Gasteiger partial charge in [-0.05, 0) is 44.0 Å². The molecule has 1 aliphatic heterocycles. The second-order valence-corrected chi connectivity index (χ2v) is 14.1. The molecule has 1 unspecified atom stereocenters. The number of aromatic nitrogens is 4. The predicted molar refractivity (Wildman–Crippen MR) is 230 cm³/mol. The van der Waals surface area contributed by atoms with Gasteiger partial charge in [0.1, 0.15) is 0 Å². The first kappa shape index (κ1) is 34.6. The lowest BCUT2D eigenvalue weighted by atomic mass is 9.88. The van der Waals surface area contributed by atoms with E-state index in [-0.39, 0.29) is 5.92 Å². The first-order chi connectivity index (χ1) is 27.6. The molecule has 0 saturated heterocycles. The summed E-state index contributed by atoms with van der Waals surface area (Å²) in [4.78, 5) is 26.1. The van der Waals surface area contributed by atoms with Crippen LogP contribution >= 0.6 is 0 Å². The van der Waals surface area contributed by atoms with Gasteiger partial charge in [-0.2, -0.15) is 0 Å². The van der Waals surface area contributed by atoms with E-state index in [0.717, 1.165) is 90.9 Å². The van der Waals surface area contributed by atoms with Gasteiger partial charge >= 0.3 is 0 Å². The lowest BCUT2D eigenvalue weighted by molar-refractivity contribution is 0.868. The van der Waals surface area contributed by atoms with Crippen molar-refractivity contribution in [2.45, 2.75) is 26.2 Å². The van der Waals surface area contributed by atoms with Crippen LogP contribution in [-0.4, -0.2) is 25.6 Å². The van der Waals surface area contributed by atoms with Crippen molar-refractivity contribution in [1.29, 1.82) is 0 Å². The lowest BCUT2D eigenvalue weighted by Gasteiger charge is -2.20. The summed E-state index contributed by atoms with van der Waals surface area (Å²) in [6.07, 6.45) is 3.16. The molecule has 0 bridgehead atoms. The Balaban J connectivity index is 1.21. The molecule has 0 saturated carbocycles. The predicted octanol–water partition coefficient (Wildman–Crippen LogP) is 12.8. The summed E-state index contributed by atoms with van der Waals surface area (Å²) in [5.41, 5.74) is 15.4. The second-order valence-electron chi connectivity index (χ2n) is 14.1. The molecule has 1 aliphatic rings. The molecule has 9 rings (SSSR count). The third-order valence-corrected chi connectivity index (χ3v) is 10.3. The molecule has 0 aliphatic carbocycles. The third-order valence-electron chi connectivity index (χ3n) is 10.3. The summed E-state index contributed by atoms with van der Waals surface area (Å²) in [5.74, 6) is 0.908. The molecule has 0 radical (unpaired) electrons. The van der Waals surface area contributed by atoms with Gasteiger partial charge in [0, 0.05) is 56.3 Å². The molecule has 5 nitrogen and oxygen atoms in total. The first-order valence-corrected chi connectivity index (χ1v) is 19.0. The highest BCUT2D eigenvalue weighted by Gasteiger charge is 2.21. The SMILES string of the molecule is CC1=CCC(c2cccc(-c3cc(-c4cccc(-c5nc(-c6ccccc6)c(-c6ccccc6)nc5-c5ccccc5)c4)nc(-c4ccccc4)n3)c2)C(C)=N1. The number of rotatable bonds is 8. The summed E-state index contributed by atoms with van der Waals surface area (Å²) in [7, 11) is 0. The standard InChI is InChI=1S/C51H39N5/c1-34-29-30-44(35(2)52-34)40-25-15-26-41(31-40)45-33-46(54-51(53-45)39-23-13-6-14-24-39)42-27-16-28-43(32-42)50-49(38-21-11-5-12-22-38)55-47(36-17-7-3-8-18-36)48(56-50)37-19-9-4-10-20-37/h3-29,31-33,44H,30H2,1-2H3. The van der Waals surface area contributed by atoms with Gasteiger partial charge in [-0.3, -0.25) is 4.99 Å². The van der Waals surface area contributed by atoms with Crippen LogP contribution in [0.15, 0.2) is 193 Å². The maximum Gasteiger partial charge on any atom is 0.160 e. The van der Waals surface area contributed by atoms with Gasteiger partial charge in [0.15, 0.2) is 5.82 Å². The third kappa shape index (κ3) is 7.10. The minimum atomic E-state index is 0.235. The summed E-state index contributed by atoms with van der Waals surface area (Å²) >= 11 is 0. The van der Waals surface area contributed by atoms with Gasteiger partial charge < -0.3 is 0 Å². The molecule has 1 atom stereocenters. The maximum absolute atomic E-state index is 5.49. The van der Waals surface area contributed by atoms with Gasteiger partial charge in [0.05, 0.1) is 34.2 Å². The number of hydrogen-bond donors (Lipinski definition) is 0. The zero-order valence-corrected chi connectivity index (χ0v) is 31.3. The van der Waals surface area contributed by atoms with Gasteiger partial charge in [0.25, 0.3) is 0 Å². The van der Waals surface area contributed by atoms with Crippen LogP contribution < -0.4 is 0 Å². The van der Waals surface area contributed by atoms with Crippen molar-refractivity contribution < 1.29 is 0 Å². The summed E-state index contributed by atoms with van der Waals surface area (Å²) < 4.78 is 0. The molecular weight excluding hydrogens is 683 g/mol. The monoisotopic (exact) mass is 721 g/mol.